The van der Waals surface area contributed by atoms with Crippen molar-refractivity contribution >= 4 is 6.21 Å². The normalized spacial score (nSPS) is 10.0. The van der Waals surface area contributed by atoms with Gasteiger partial charge in [-0.05, 0) is 19.1 Å². The molecule has 0 atom stereocenters. The fourth-order valence-electron chi connectivity index (χ4n) is 1.02. The first-order valence-electron chi connectivity index (χ1n) is 4.47. The van der Waals surface area contributed by atoms with Gasteiger partial charge in [0, 0.05) is 18.3 Å². The predicted molar refractivity (Wildman–Crippen MR) is 55.7 cm³/mol. The van der Waals surface area contributed by atoms with Crippen LogP contribution in [0.15, 0.2) is 29.3 Å². The SMILES string of the molecule is CCN=Cc1ccccc1OCC#N. The zero-order chi connectivity index (χ0) is 10.2. The van der Waals surface area contributed by atoms with E-state index in [0.717, 1.165) is 12.1 Å². The second-order valence-corrected chi connectivity index (χ2v) is 2.61. The smallest absolute Gasteiger partial charge is 0.174 e. The Morgan fingerprint density at radius 2 is 2.29 bits per heavy atom. The monoisotopic (exact) mass is 188 g/mol. The fourth-order valence-corrected chi connectivity index (χ4v) is 1.02. The summed E-state index contributed by atoms with van der Waals surface area (Å²) in [6, 6.07) is 9.45. The van der Waals surface area contributed by atoms with E-state index >= 15 is 0 Å². The first kappa shape index (κ1) is 10.3. The summed E-state index contributed by atoms with van der Waals surface area (Å²) in [5, 5.41) is 8.39. The Bertz CT molecular complexity index is 353. The number of benzene rings is 1. The molecular weight excluding hydrogens is 176 g/mol. The Kier molecular flexibility index (Phi) is 4.22. The molecule has 14 heavy (non-hydrogen) atoms. The molecule has 0 unspecified atom stereocenters. The summed E-state index contributed by atoms with van der Waals surface area (Å²) in [7, 11) is 0. The van der Waals surface area contributed by atoms with Gasteiger partial charge in [0.25, 0.3) is 0 Å². The van der Waals surface area contributed by atoms with Crippen molar-refractivity contribution in [3.05, 3.63) is 29.8 Å². The van der Waals surface area contributed by atoms with Crippen molar-refractivity contribution < 1.29 is 4.74 Å². The largest absolute Gasteiger partial charge is 0.478 e. The van der Waals surface area contributed by atoms with Gasteiger partial charge in [-0.2, -0.15) is 5.26 Å². The van der Waals surface area contributed by atoms with E-state index in [1.165, 1.54) is 0 Å². The molecule has 1 rings (SSSR count). The van der Waals surface area contributed by atoms with Crippen molar-refractivity contribution in [2.24, 2.45) is 4.99 Å². The Morgan fingerprint density at radius 3 is 3.00 bits per heavy atom. The predicted octanol–water partition coefficient (Wildman–Crippen LogP) is 2.03. The number of para-hydroxylation sites is 1. The zero-order valence-electron chi connectivity index (χ0n) is 8.10. The molecule has 0 saturated carbocycles. The molecule has 1 aromatic carbocycles. The van der Waals surface area contributed by atoms with Crippen molar-refractivity contribution in [2.45, 2.75) is 6.92 Å². The van der Waals surface area contributed by atoms with Crippen LogP contribution in [0, 0.1) is 11.3 Å². The summed E-state index contributed by atoms with van der Waals surface area (Å²) >= 11 is 0. The third kappa shape index (κ3) is 2.91. The van der Waals surface area contributed by atoms with Gasteiger partial charge in [0.15, 0.2) is 6.61 Å². The Hall–Kier alpha value is -1.82. The van der Waals surface area contributed by atoms with Crippen LogP contribution in [0.1, 0.15) is 12.5 Å². The summed E-state index contributed by atoms with van der Waals surface area (Å²) in [5.74, 6) is 0.700. The van der Waals surface area contributed by atoms with Gasteiger partial charge in [-0.25, -0.2) is 0 Å². The highest BCUT2D eigenvalue weighted by molar-refractivity contribution is 5.83. The molecule has 0 aliphatic rings. The third-order valence-electron chi connectivity index (χ3n) is 1.62. The van der Waals surface area contributed by atoms with Gasteiger partial charge in [-0.1, -0.05) is 12.1 Å². The summed E-state index contributed by atoms with van der Waals surface area (Å²) in [6.07, 6.45) is 1.76. The Balaban J connectivity index is 2.81. The van der Waals surface area contributed by atoms with Gasteiger partial charge in [0.05, 0.1) is 0 Å². The highest BCUT2D eigenvalue weighted by Crippen LogP contribution is 2.15. The minimum Gasteiger partial charge on any atom is -0.478 e. The first-order valence-corrected chi connectivity index (χ1v) is 4.47. The second-order valence-electron chi connectivity index (χ2n) is 2.61. The zero-order valence-corrected chi connectivity index (χ0v) is 8.10. The van der Waals surface area contributed by atoms with Gasteiger partial charge < -0.3 is 4.74 Å². The molecule has 72 valence electrons. The molecular formula is C11H12N2O. The van der Waals surface area contributed by atoms with Gasteiger partial charge in [0.1, 0.15) is 11.8 Å². The van der Waals surface area contributed by atoms with E-state index < -0.39 is 0 Å². The van der Waals surface area contributed by atoms with Gasteiger partial charge in [0.2, 0.25) is 0 Å². The molecule has 0 aromatic heterocycles. The quantitative estimate of drug-likeness (QED) is 0.678. The fraction of sp³-hybridized carbons (Fsp3) is 0.273. The maximum Gasteiger partial charge on any atom is 0.174 e. The van der Waals surface area contributed by atoms with E-state index in [-0.39, 0.29) is 6.61 Å². The van der Waals surface area contributed by atoms with Crippen LogP contribution in [0.3, 0.4) is 0 Å². The minimum absolute atomic E-state index is 0.0664. The van der Waals surface area contributed by atoms with E-state index in [9.17, 15) is 0 Å². The van der Waals surface area contributed by atoms with E-state index in [1.807, 2.05) is 37.3 Å². The lowest BCUT2D eigenvalue weighted by Gasteiger charge is -2.04. The molecule has 0 aliphatic carbocycles. The van der Waals surface area contributed by atoms with E-state index in [4.69, 9.17) is 10.00 Å². The van der Waals surface area contributed by atoms with Crippen molar-refractivity contribution in [3.63, 3.8) is 0 Å². The first-order chi connectivity index (χ1) is 6.88. The number of nitrogens with zero attached hydrogens (tertiary/aromatic N) is 2. The van der Waals surface area contributed by atoms with Gasteiger partial charge in [-0.3, -0.25) is 4.99 Å². The molecule has 0 spiro atoms. The Morgan fingerprint density at radius 1 is 1.50 bits per heavy atom. The van der Waals surface area contributed by atoms with Crippen LogP contribution >= 0.6 is 0 Å². The lowest BCUT2D eigenvalue weighted by atomic mass is 10.2. The van der Waals surface area contributed by atoms with Crippen LogP contribution in [0.25, 0.3) is 0 Å². The summed E-state index contributed by atoms with van der Waals surface area (Å²) in [5.41, 5.74) is 0.907. The highest BCUT2D eigenvalue weighted by atomic mass is 16.5. The van der Waals surface area contributed by atoms with Gasteiger partial charge in [-0.15, -0.1) is 0 Å². The molecule has 0 N–H and O–H groups in total. The number of aliphatic imine (C=N–C) groups is 1. The molecule has 3 nitrogen and oxygen atoms in total. The second kappa shape index (κ2) is 5.76. The molecule has 3 heteroatoms. The Labute approximate surface area is 83.7 Å². The van der Waals surface area contributed by atoms with E-state index in [0.29, 0.717) is 5.75 Å². The maximum atomic E-state index is 8.39. The molecule has 0 amide bonds. The van der Waals surface area contributed by atoms with Crippen LogP contribution in [-0.2, 0) is 0 Å². The van der Waals surface area contributed by atoms with Crippen LogP contribution < -0.4 is 4.74 Å². The number of ether oxygens (including phenoxy) is 1. The summed E-state index contributed by atoms with van der Waals surface area (Å²) in [6.45, 7) is 2.78. The molecule has 0 bridgehead atoms. The average Bonchev–Trinajstić information content (AvgIpc) is 2.24. The van der Waals surface area contributed by atoms with Crippen molar-refractivity contribution in [1.29, 1.82) is 5.26 Å². The van der Waals surface area contributed by atoms with Crippen LogP contribution in [-0.4, -0.2) is 19.4 Å². The summed E-state index contributed by atoms with van der Waals surface area (Å²) < 4.78 is 5.23. The molecule has 0 heterocycles. The van der Waals surface area contributed by atoms with Crippen LogP contribution in [0.2, 0.25) is 0 Å². The maximum absolute atomic E-state index is 8.39. The standard InChI is InChI=1S/C11H12N2O/c1-2-13-9-10-5-3-4-6-11(10)14-8-7-12/h3-6,9H,2,8H2,1H3. The number of hydrogen-bond acceptors (Lipinski definition) is 3. The number of rotatable bonds is 4. The van der Waals surface area contributed by atoms with E-state index in [2.05, 4.69) is 4.99 Å². The lowest BCUT2D eigenvalue weighted by Crippen LogP contribution is -1.97. The van der Waals surface area contributed by atoms with Crippen LogP contribution in [0.5, 0.6) is 5.75 Å². The van der Waals surface area contributed by atoms with Crippen molar-refractivity contribution in [1.82, 2.24) is 0 Å². The molecule has 1 aromatic rings. The highest BCUT2D eigenvalue weighted by Gasteiger charge is 1.98. The number of nitriles is 1. The molecule has 0 saturated heterocycles. The lowest BCUT2D eigenvalue weighted by molar-refractivity contribution is 0.367. The van der Waals surface area contributed by atoms with Crippen molar-refractivity contribution in [2.75, 3.05) is 13.2 Å². The average molecular weight is 188 g/mol. The molecule has 0 aliphatic heterocycles. The van der Waals surface area contributed by atoms with E-state index in [1.54, 1.807) is 6.21 Å². The van der Waals surface area contributed by atoms with Crippen LogP contribution in [0.4, 0.5) is 0 Å². The molecule has 0 radical (unpaired) electrons. The summed E-state index contributed by atoms with van der Waals surface area (Å²) in [4.78, 5) is 4.12. The van der Waals surface area contributed by atoms with Gasteiger partial charge >= 0.3 is 0 Å². The third-order valence-corrected chi connectivity index (χ3v) is 1.62. The topological polar surface area (TPSA) is 45.4 Å². The van der Waals surface area contributed by atoms with Crippen molar-refractivity contribution in [3.8, 4) is 11.8 Å². The number of hydrogen-bond donors (Lipinski definition) is 0. The minimum atomic E-state index is 0.0664. The molecule has 0 fully saturated rings.